The number of carbonyl (C=O) groups is 1. The van der Waals surface area contributed by atoms with Gasteiger partial charge in [-0.05, 0) is 12.5 Å². The molecule has 108 valence electrons. The molecule has 6 nitrogen and oxygen atoms in total. The van der Waals surface area contributed by atoms with Crippen molar-refractivity contribution in [2.75, 3.05) is 6.54 Å². The molecular weight excluding hydrogens is 282 g/mol. The van der Waals surface area contributed by atoms with Gasteiger partial charge < -0.3 is 9.67 Å². The van der Waals surface area contributed by atoms with Gasteiger partial charge in [0.2, 0.25) is 10.0 Å². The minimum absolute atomic E-state index is 0.195. The van der Waals surface area contributed by atoms with Gasteiger partial charge in [0.15, 0.2) is 0 Å². The van der Waals surface area contributed by atoms with E-state index in [1.165, 1.54) is 4.57 Å². The van der Waals surface area contributed by atoms with Crippen LogP contribution in [0.3, 0.4) is 0 Å². The second kappa shape index (κ2) is 6.11. The predicted molar refractivity (Wildman–Crippen MR) is 62.9 cm³/mol. The molecular formula is C10H14F2N2O4S. The fraction of sp³-hybridized carbons (Fsp3) is 0.500. The second-order valence-corrected chi connectivity index (χ2v) is 5.57. The number of halogens is 2. The van der Waals surface area contributed by atoms with Crippen molar-refractivity contribution >= 4 is 16.0 Å². The van der Waals surface area contributed by atoms with Gasteiger partial charge in [-0.25, -0.2) is 26.7 Å². The molecule has 0 aliphatic carbocycles. The molecule has 0 unspecified atom stereocenters. The van der Waals surface area contributed by atoms with E-state index < -0.39 is 29.0 Å². The highest BCUT2D eigenvalue weighted by Gasteiger charge is 2.22. The number of sulfonamides is 1. The van der Waals surface area contributed by atoms with Crippen LogP contribution >= 0.6 is 0 Å². The number of aryl methyl sites for hydroxylation is 1. The minimum Gasteiger partial charge on any atom is -0.477 e. The van der Waals surface area contributed by atoms with Gasteiger partial charge in [0, 0.05) is 12.7 Å². The molecule has 0 saturated heterocycles. The van der Waals surface area contributed by atoms with E-state index in [-0.39, 0.29) is 10.6 Å². The van der Waals surface area contributed by atoms with Crippen LogP contribution in [0.5, 0.6) is 0 Å². The number of aromatic nitrogens is 1. The summed E-state index contributed by atoms with van der Waals surface area (Å²) in [5, 5.41) is 8.93. The maximum Gasteiger partial charge on any atom is 0.352 e. The molecule has 0 aliphatic rings. The van der Waals surface area contributed by atoms with Crippen molar-refractivity contribution in [2.24, 2.45) is 0 Å². The molecule has 2 N–H and O–H groups in total. The van der Waals surface area contributed by atoms with Gasteiger partial charge in [0.05, 0.1) is 6.54 Å². The highest BCUT2D eigenvalue weighted by atomic mass is 32.2. The van der Waals surface area contributed by atoms with Crippen LogP contribution in [0.25, 0.3) is 0 Å². The SMILES string of the molecule is CCCn1cc(S(=O)(=O)NCC(F)F)cc1C(=O)O. The molecule has 1 rings (SSSR count). The molecule has 0 atom stereocenters. The summed E-state index contributed by atoms with van der Waals surface area (Å²) in [6, 6.07) is 0.950. The van der Waals surface area contributed by atoms with Crippen LogP contribution < -0.4 is 4.72 Å². The molecule has 9 heteroatoms. The van der Waals surface area contributed by atoms with E-state index in [1.807, 2.05) is 0 Å². The second-order valence-electron chi connectivity index (χ2n) is 3.80. The molecule has 1 aromatic heterocycles. The van der Waals surface area contributed by atoms with E-state index >= 15 is 0 Å². The van der Waals surface area contributed by atoms with Gasteiger partial charge in [0.1, 0.15) is 10.6 Å². The lowest BCUT2D eigenvalue weighted by Crippen LogP contribution is -2.28. The zero-order valence-corrected chi connectivity index (χ0v) is 11.0. The van der Waals surface area contributed by atoms with Crippen LogP contribution in [0, 0.1) is 0 Å². The topological polar surface area (TPSA) is 88.4 Å². The van der Waals surface area contributed by atoms with Crippen molar-refractivity contribution < 1.29 is 27.1 Å². The van der Waals surface area contributed by atoms with Crippen LogP contribution in [0.1, 0.15) is 23.8 Å². The summed E-state index contributed by atoms with van der Waals surface area (Å²) in [4.78, 5) is 10.6. The van der Waals surface area contributed by atoms with E-state index in [4.69, 9.17) is 5.11 Å². The number of aromatic carboxylic acids is 1. The van der Waals surface area contributed by atoms with E-state index in [9.17, 15) is 22.0 Å². The maximum atomic E-state index is 12.0. The van der Waals surface area contributed by atoms with Crippen LogP contribution in [-0.4, -0.2) is 37.0 Å². The third kappa shape index (κ3) is 4.00. The summed E-state index contributed by atoms with van der Waals surface area (Å²) < 4.78 is 50.3. The average Bonchev–Trinajstić information content (AvgIpc) is 2.72. The van der Waals surface area contributed by atoms with Crippen molar-refractivity contribution in [1.29, 1.82) is 0 Å². The van der Waals surface area contributed by atoms with Gasteiger partial charge in [0.25, 0.3) is 6.43 Å². The van der Waals surface area contributed by atoms with Crippen molar-refractivity contribution in [2.45, 2.75) is 31.2 Å². The Kier molecular flexibility index (Phi) is 5.01. The average molecular weight is 296 g/mol. The smallest absolute Gasteiger partial charge is 0.352 e. The first-order valence-corrected chi connectivity index (χ1v) is 6.97. The Morgan fingerprint density at radius 2 is 2.16 bits per heavy atom. The van der Waals surface area contributed by atoms with Crippen molar-refractivity contribution in [1.82, 2.24) is 9.29 Å². The Balaban J connectivity index is 3.07. The molecule has 0 fully saturated rings. The lowest BCUT2D eigenvalue weighted by atomic mass is 10.4. The number of carboxylic acids is 1. The number of nitrogens with one attached hydrogen (secondary N) is 1. The maximum absolute atomic E-state index is 12.0. The number of hydrogen-bond acceptors (Lipinski definition) is 3. The lowest BCUT2D eigenvalue weighted by molar-refractivity contribution is 0.0685. The summed E-state index contributed by atoms with van der Waals surface area (Å²) in [5.41, 5.74) is -0.195. The number of carboxylic acid groups (broad SMARTS) is 1. The molecule has 0 amide bonds. The van der Waals surface area contributed by atoms with E-state index in [1.54, 1.807) is 11.6 Å². The molecule has 0 radical (unpaired) electrons. The van der Waals surface area contributed by atoms with Crippen LogP contribution in [-0.2, 0) is 16.6 Å². The Morgan fingerprint density at radius 1 is 1.53 bits per heavy atom. The Bertz CT molecular complexity index is 554. The van der Waals surface area contributed by atoms with Crippen LogP contribution in [0.2, 0.25) is 0 Å². The molecule has 0 saturated carbocycles. The van der Waals surface area contributed by atoms with Crippen molar-refractivity contribution in [3.8, 4) is 0 Å². The third-order valence-corrected chi connectivity index (χ3v) is 3.68. The molecule has 0 aromatic carbocycles. The summed E-state index contributed by atoms with van der Waals surface area (Å²) in [7, 11) is -4.12. The number of alkyl halides is 2. The highest BCUT2D eigenvalue weighted by molar-refractivity contribution is 7.89. The normalized spacial score (nSPS) is 12.0. The van der Waals surface area contributed by atoms with Gasteiger partial charge >= 0.3 is 5.97 Å². The molecule has 0 aliphatic heterocycles. The number of rotatable bonds is 7. The Hall–Kier alpha value is -1.48. The standard InChI is InChI=1S/C10H14F2N2O4S/c1-2-3-14-6-7(4-8(14)10(15)16)19(17,18)13-5-9(11)12/h4,6,9,13H,2-3,5H2,1H3,(H,15,16). The van der Waals surface area contributed by atoms with Gasteiger partial charge in [-0.15, -0.1) is 0 Å². The minimum atomic E-state index is -4.12. The van der Waals surface area contributed by atoms with E-state index in [2.05, 4.69) is 0 Å². The number of hydrogen-bond donors (Lipinski definition) is 2. The summed E-state index contributed by atoms with van der Waals surface area (Å²) in [6.07, 6.45) is -1.08. The summed E-state index contributed by atoms with van der Waals surface area (Å²) >= 11 is 0. The zero-order chi connectivity index (χ0) is 14.6. The molecule has 19 heavy (non-hydrogen) atoms. The van der Waals surface area contributed by atoms with E-state index in [0.29, 0.717) is 13.0 Å². The van der Waals surface area contributed by atoms with Gasteiger partial charge in [-0.2, -0.15) is 0 Å². The van der Waals surface area contributed by atoms with Gasteiger partial charge in [-0.3, -0.25) is 0 Å². The fourth-order valence-electron chi connectivity index (χ4n) is 1.49. The number of nitrogens with zero attached hydrogens (tertiary/aromatic N) is 1. The first-order valence-electron chi connectivity index (χ1n) is 5.49. The summed E-state index contributed by atoms with van der Waals surface area (Å²) in [6.45, 7) is 1.12. The largest absolute Gasteiger partial charge is 0.477 e. The fourth-order valence-corrected chi connectivity index (χ4v) is 2.54. The lowest BCUT2D eigenvalue weighted by Gasteiger charge is -2.04. The zero-order valence-electron chi connectivity index (χ0n) is 10.1. The van der Waals surface area contributed by atoms with Crippen LogP contribution in [0.4, 0.5) is 8.78 Å². The highest BCUT2D eigenvalue weighted by Crippen LogP contribution is 2.15. The predicted octanol–water partition coefficient (Wildman–Crippen LogP) is 1.14. The molecule has 1 heterocycles. The van der Waals surface area contributed by atoms with Crippen LogP contribution in [0.15, 0.2) is 17.2 Å². The Labute approximate surface area is 109 Å². The quantitative estimate of drug-likeness (QED) is 0.789. The molecule has 0 spiro atoms. The third-order valence-electron chi connectivity index (χ3n) is 2.29. The first-order chi connectivity index (χ1) is 8.77. The summed E-state index contributed by atoms with van der Waals surface area (Å²) in [5.74, 6) is -1.27. The first kappa shape index (κ1) is 15.6. The van der Waals surface area contributed by atoms with Crippen molar-refractivity contribution in [3.63, 3.8) is 0 Å². The molecule has 1 aromatic rings. The van der Waals surface area contributed by atoms with E-state index in [0.717, 1.165) is 12.3 Å². The monoisotopic (exact) mass is 296 g/mol. The van der Waals surface area contributed by atoms with Gasteiger partial charge in [-0.1, -0.05) is 6.92 Å². The molecule has 0 bridgehead atoms. The van der Waals surface area contributed by atoms with Crippen molar-refractivity contribution in [3.05, 3.63) is 18.0 Å². The Morgan fingerprint density at radius 3 is 2.63 bits per heavy atom.